The highest BCUT2D eigenvalue weighted by Crippen LogP contribution is 2.27. The minimum absolute atomic E-state index is 0.184. The van der Waals surface area contributed by atoms with Gasteiger partial charge < -0.3 is 15.0 Å². The van der Waals surface area contributed by atoms with Gasteiger partial charge in [-0.15, -0.1) is 0 Å². The Morgan fingerprint density at radius 1 is 1.25 bits per heavy atom. The van der Waals surface area contributed by atoms with Crippen molar-refractivity contribution in [1.82, 2.24) is 10.2 Å². The lowest BCUT2D eigenvalue weighted by Crippen LogP contribution is -2.45. The van der Waals surface area contributed by atoms with Gasteiger partial charge in [-0.1, -0.05) is 29.3 Å². The molecule has 148 valence electrons. The lowest BCUT2D eigenvalue weighted by molar-refractivity contribution is -0.125. The Hall–Kier alpha value is -1.76. The van der Waals surface area contributed by atoms with E-state index in [1.54, 1.807) is 24.1 Å². The number of halogens is 3. The van der Waals surface area contributed by atoms with Gasteiger partial charge in [0.2, 0.25) is 5.91 Å². The first-order valence-corrected chi connectivity index (χ1v) is 10.3. The number of hydrogen-bond donors (Lipinski definition) is 1. The van der Waals surface area contributed by atoms with Crippen LogP contribution in [0.4, 0.5) is 0 Å². The highest BCUT2D eigenvalue weighted by atomic mass is 79.9. The molecule has 0 bridgehead atoms. The molecule has 0 saturated carbocycles. The summed E-state index contributed by atoms with van der Waals surface area (Å²) in [4.78, 5) is 27.2. The average Bonchev–Trinajstić information content (AvgIpc) is 3.17. The molecule has 0 radical (unpaired) electrons. The number of nitrogens with zero attached hydrogens (tertiary/aromatic N) is 1. The smallest absolute Gasteiger partial charge is 0.256 e. The summed E-state index contributed by atoms with van der Waals surface area (Å²) in [5.74, 6) is 0.259. The molecule has 1 saturated heterocycles. The average molecular weight is 486 g/mol. The predicted octanol–water partition coefficient (Wildman–Crippen LogP) is 4.69. The van der Waals surface area contributed by atoms with Crippen LogP contribution >= 0.6 is 39.1 Å². The van der Waals surface area contributed by atoms with E-state index in [0.29, 0.717) is 35.1 Å². The maximum Gasteiger partial charge on any atom is 0.256 e. The summed E-state index contributed by atoms with van der Waals surface area (Å²) in [5.41, 5.74) is 1.24. The summed E-state index contributed by atoms with van der Waals surface area (Å²) in [7, 11) is 1.60. The summed E-state index contributed by atoms with van der Waals surface area (Å²) in [5, 5.41) is 3.67. The Bertz CT molecular complexity index is 907. The topological polar surface area (TPSA) is 58.6 Å². The van der Waals surface area contributed by atoms with Gasteiger partial charge in [-0.3, -0.25) is 9.59 Å². The first kappa shape index (κ1) is 21.0. The number of carbonyl (C=O) groups is 2. The third-order valence-electron chi connectivity index (χ3n) is 4.66. The van der Waals surface area contributed by atoms with Crippen molar-refractivity contribution in [3.05, 3.63) is 62.0 Å². The molecule has 1 atom stereocenters. The number of methoxy groups -OCH3 is 1. The van der Waals surface area contributed by atoms with Crippen LogP contribution in [0.1, 0.15) is 28.8 Å². The second kappa shape index (κ2) is 9.16. The molecule has 1 aliphatic heterocycles. The molecule has 2 aromatic rings. The van der Waals surface area contributed by atoms with Crippen molar-refractivity contribution in [2.24, 2.45) is 0 Å². The molecule has 0 aliphatic carbocycles. The first-order chi connectivity index (χ1) is 13.4. The summed E-state index contributed by atoms with van der Waals surface area (Å²) >= 11 is 15.6. The number of hydrogen-bond acceptors (Lipinski definition) is 3. The minimum atomic E-state index is -0.524. The monoisotopic (exact) mass is 484 g/mol. The van der Waals surface area contributed by atoms with Crippen LogP contribution in [0.2, 0.25) is 10.0 Å². The predicted molar refractivity (Wildman–Crippen MR) is 113 cm³/mol. The van der Waals surface area contributed by atoms with Gasteiger partial charge in [-0.2, -0.15) is 0 Å². The quantitative estimate of drug-likeness (QED) is 0.668. The van der Waals surface area contributed by atoms with E-state index in [1.165, 1.54) is 6.07 Å². The van der Waals surface area contributed by atoms with Crippen molar-refractivity contribution in [3.8, 4) is 5.75 Å². The van der Waals surface area contributed by atoms with Gasteiger partial charge in [0.25, 0.3) is 5.91 Å². The molecule has 1 aliphatic rings. The Kier molecular flexibility index (Phi) is 6.86. The SMILES string of the molecule is COc1ccc(CNC(=O)C2CCCN2C(=O)c2cc(Cl)ccc2Cl)cc1Br. The van der Waals surface area contributed by atoms with E-state index in [4.69, 9.17) is 27.9 Å². The zero-order valence-electron chi connectivity index (χ0n) is 15.2. The van der Waals surface area contributed by atoms with Gasteiger partial charge in [-0.25, -0.2) is 0 Å². The summed E-state index contributed by atoms with van der Waals surface area (Å²) in [6, 6.07) is 9.83. The number of likely N-dealkylation sites (tertiary alicyclic amines) is 1. The van der Waals surface area contributed by atoms with E-state index in [1.807, 2.05) is 18.2 Å². The summed E-state index contributed by atoms with van der Waals surface area (Å²) in [6.45, 7) is 0.867. The van der Waals surface area contributed by atoms with Gasteiger partial charge in [0, 0.05) is 18.1 Å². The molecule has 0 aromatic heterocycles. The summed E-state index contributed by atoms with van der Waals surface area (Å²) < 4.78 is 6.02. The minimum Gasteiger partial charge on any atom is -0.496 e. The van der Waals surface area contributed by atoms with Crippen LogP contribution in [0, 0.1) is 0 Å². The fourth-order valence-corrected chi connectivity index (χ4v) is 4.18. The molecule has 28 heavy (non-hydrogen) atoms. The van der Waals surface area contributed by atoms with E-state index in [0.717, 1.165) is 22.2 Å². The van der Waals surface area contributed by atoms with Gasteiger partial charge in [0.1, 0.15) is 11.8 Å². The fraction of sp³-hybridized carbons (Fsp3) is 0.300. The molecule has 1 fully saturated rings. The highest BCUT2D eigenvalue weighted by Gasteiger charge is 2.35. The van der Waals surface area contributed by atoms with Crippen LogP contribution < -0.4 is 10.1 Å². The van der Waals surface area contributed by atoms with Crippen LogP contribution in [-0.4, -0.2) is 36.4 Å². The number of nitrogens with one attached hydrogen (secondary N) is 1. The number of benzene rings is 2. The third-order valence-corrected chi connectivity index (χ3v) is 5.84. The fourth-order valence-electron chi connectivity index (χ4n) is 3.23. The van der Waals surface area contributed by atoms with Gasteiger partial charge in [0.05, 0.1) is 22.2 Å². The molecule has 3 rings (SSSR count). The molecular weight excluding hydrogens is 467 g/mol. The zero-order valence-corrected chi connectivity index (χ0v) is 18.3. The lowest BCUT2D eigenvalue weighted by atomic mass is 10.1. The van der Waals surface area contributed by atoms with Crippen LogP contribution in [0.3, 0.4) is 0 Å². The third kappa shape index (κ3) is 4.62. The largest absolute Gasteiger partial charge is 0.496 e. The Balaban J connectivity index is 1.68. The zero-order chi connectivity index (χ0) is 20.3. The molecule has 1 heterocycles. The number of amides is 2. The second-order valence-corrected chi connectivity index (χ2v) is 8.17. The number of ether oxygens (including phenoxy) is 1. The normalized spacial score (nSPS) is 16.1. The van der Waals surface area contributed by atoms with Crippen molar-refractivity contribution in [3.63, 3.8) is 0 Å². The molecule has 0 spiro atoms. The van der Waals surface area contributed by atoms with Crippen LogP contribution in [0.15, 0.2) is 40.9 Å². The number of rotatable bonds is 5. The van der Waals surface area contributed by atoms with Gasteiger partial charge in [-0.05, 0) is 64.7 Å². The van der Waals surface area contributed by atoms with E-state index in [2.05, 4.69) is 21.2 Å². The van der Waals surface area contributed by atoms with E-state index < -0.39 is 6.04 Å². The molecule has 1 N–H and O–H groups in total. The van der Waals surface area contributed by atoms with Crippen molar-refractivity contribution in [2.45, 2.75) is 25.4 Å². The number of carbonyl (C=O) groups excluding carboxylic acids is 2. The molecular formula is C20H19BrCl2N2O3. The van der Waals surface area contributed by atoms with Crippen molar-refractivity contribution >= 4 is 50.9 Å². The molecule has 1 unspecified atom stereocenters. The Morgan fingerprint density at radius 3 is 2.75 bits per heavy atom. The lowest BCUT2D eigenvalue weighted by Gasteiger charge is -2.24. The highest BCUT2D eigenvalue weighted by molar-refractivity contribution is 9.10. The van der Waals surface area contributed by atoms with Crippen molar-refractivity contribution in [2.75, 3.05) is 13.7 Å². The van der Waals surface area contributed by atoms with E-state index in [9.17, 15) is 9.59 Å². The van der Waals surface area contributed by atoms with Crippen LogP contribution in [-0.2, 0) is 11.3 Å². The van der Waals surface area contributed by atoms with Gasteiger partial charge in [0.15, 0.2) is 0 Å². The van der Waals surface area contributed by atoms with Crippen molar-refractivity contribution in [1.29, 1.82) is 0 Å². The van der Waals surface area contributed by atoms with E-state index in [-0.39, 0.29) is 11.8 Å². The van der Waals surface area contributed by atoms with E-state index >= 15 is 0 Å². The van der Waals surface area contributed by atoms with Gasteiger partial charge >= 0.3 is 0 Å². The first-order valence-electron chi connectivity index (χ1n) is 8.77. The second-order valence-electron chi connectivity index (χ2n) is 6.47. The molecule has 2 amide bonds. The summed E-state index contributed by atoms with van der Waals surface area (Å²) in [6.07, 6.45) is 1.37. The molecule has 5 nitrogen and oxygen atoms in total. The Morgan fingerprint density at radius 2 is 2.04 bits per heavy atom. The van der Waals surface area contributed by atoms with Crippen molar-refractivity contribution < 1.29 is 14.3 Å². The van der Waals surface area contributed by atoms with Crippen LogP contribution in [0.5, 0.6) is 5.75 Å². The molecule has 8 heteroatoms. The maximum atomic E-state index is 12.9. The molecule has 2 aromatic carbocycles. The van der Waals surface area contributed by atoms with Crippen LogP contribution in [0.25, 0.3) is 0 Å². The Labute approximate surface area is 182 Å². The standard InChI is InChI=1S/C20H19BrCl2N2O3/c1-28-18-7-4-12(9-15(18)21)11-24-19(26)17-3-2-8-25(17)20(27)14-10-13(22)5-6-16(14)23/h4-7,9-10,17H,2-3,8,11H2,1H3,(H,24,26). The maximum absolute atomic E-state index is 12.9.